The normalized spacial score (nSPS) is 19.7. The molecule has 1 aromatic carbocycles. The van der Waals surface area contributed by atoms with Crippen molar-refractivity contribution in [1.82, 2.24) is 0 Å². The molecule has 3 nitrogen and oxygen atoms in total. The fourth-order valence-electron chi connectivity index (χ4n) is 1.93. The Morgan fingerprint density at radius 1 is 1.22 bits per heavy atom. The molecule has 0 aliphatic carbocycles. The van der Waals surface area contributed by atoms with E-state index < -0.39 is 34.9 Å². The summed E-state index contributed by atoms with van der Waals surface area (Å²) in [6.45, 7) is 0.271. The Labute approximate surface area is 100 Å². The summed E-state index contributed by atoms with van der Waals surface area (Å²) >= 11 is 0. The van der Waals surface area contributed by atoms with Crippen LogP contribution in [0.2, 0.25) is 0 Å². The second kappa shape index (κ2) is 4.56. The topological polar surface area (TPSA) is 46.3 Å². The highest BCUT2D eigenvalue weighted by Gasteiger charge is 2.33. The van der Waals surface area contributed by atoms with Crippen LogP contribution in [0.5, 0.6) is 0 Å². The molecule has 1 unspecified atom stereocenters. The summed E-state index contributed by atoms with van der Waals surface area (Å²) in [5, 5.41) is 0. The van der Waals surface area contributed by atoms with Gasteiger partial charge in [-0.15, -0.1) is 0 Å². The maximum atomic E-state index is 13.5. The van der Waals surface area contributed by atoms with Crippen molar-refractivity contribution in [3.8, 4) is 0 Å². The van der Waals surface area contributed by atoms with Crippen molar-refractivity contribution < 1.29 is 22.4 Å². The van der Waals surface area contributed by atoms with Crippen LogP contribution in [0.3, 0.4) is 0 Å². The Morgan fingerprint density at radius 2 is 1.89 bits per heavy atom. The Bertz CT molecular complexity index is 506. The van der Waals surface area contributed by atoms with Crippen LogP contribution in [0, 0.1) is 29.2 Å². The van der Waals surface area contributed by atoms with Crippen LogP contribution in [0.15, 0.2) is 6.07 Å². The molecule has 98 valence electrons. The van der Waals surface area contributed by atoms with Gasteiger partial charge in [0.2, 0.25) is 5.91 Å². The zero-order valence-electron chi connectivity index (χ0n) is 9.22. The lowest BCUT2D eigenvalue weighted by Gasteiger charge is -2.17. The summed E-state index contributed by atoms with van der Waals surface area (Å²) < 4.78 is 52.4. The average Bonchev–Trinajstić information content (AvgIpc) is 2.72. The largest absolute Gasteiger partial charge is 0.330 e. The van der Waals surface area contributed by atoms with Crippen LogP contribution in [0.25, 0.3) is 0 Å². The molecular formula is C11H10F4N2O. The smallest absolute Gasteiger partial charge is 0.227 e. The number of carbonyl (C=O) groups excluding carboxylic acids is 1. The van der Waals surface area contributed by atoms with Gasteiger partial charge >= 0.3 is 0 Å². The predicted octanol–water partition coefficient (Wildman–Crippen LogP) is 1.55. The molecule has 0 bridgehead atoms. The first kappa shape index (κ1) is 12.8. The molecule has 18 heavy (non-hydrogen) atoms. The van der Waals surface area contributed by atoms with Gasteiger partial charge in [-0.1, -0.05) is 0 Å². The third kappa shape index (κ3) is 1.94. The maximum absolute atomic E-state index is 13.5. The number of amides is 1. The Kier molecular flexibility index (Phi) is 3.25. The van der Waals surface area contributed by atoms with E-state index in [2.05, 4.69) is 0 Å². The van der Waals surface area contributed by atoms with Crippen LogP contribution in [0.1, 0.15) is 6.42 Å². The van der Waals surface area contributed by atoms with Gasteiger partial charge in [0.15, 0.2) is 23.3 Å². The van der Waals surface area contributed by atoms with Crippen LogP contribution < -0.4 is 10.6 Å². The SMILES string of the molecule is NCC1CC(=O)N(c2cc(F)c(F)c(F)c2F)C1. The summed E-state index contributed by atoms with van der Waals surface area (Å²) in [6.07, 6.45) is 0.0799. The van der Waals surface area contributed by atoms with E-state index in [0.717, 1.165) is 4.90 Å². The lowest BCUT2D eigenvalue weighted by Crippen LogP contribution is -2.27. The number of nitrogens with zero attached hydrogens (tertiary/aromatic N) is 1. The summed E-state index contributed by atoms with van der Waals surface area (Å²) in [5.74, 6) is -7.61. The highest BCUT2D eigenvalue weighted by atomic mass is 19.2. The lowest BCUT2D eigenvalue weighted by molar-refractivity contribution is -0.117. The van der Waals surface area contributed by atoms with E-state index in [4.69, 9.17) is 5.73 Å². The van der Waals surface area contributed by atoms with Gasteiger partial charge in [0.1, 0.15) is 0 Å². The van der Waals surface area contributed by atoms with Gasteiger partial charge in [0, 0.05) is 19.0 Å². The van der Waals surface area contributed by atoms with E-state index in [1.54, 1.807) is 0 Å². The number of benzene rings is 1. The minimum Gasteiger partial charge on any atom is -0.330 e. The first-order chi connectivity index (χ1) is 8.45. The first-order valence-corrected chi connectivity index (χ1v) is 5.29. The number of anilines is 1. The number of hydrogen-bond acceptors (Lipinski definition) is 2. The molecule has 0 aromatic heterocycles. The molecule has 7 heteroatoms. The minimum atomic E-state index is -1.92. The number of nitrogens with two attached hydrogens (primary N) is 1. The molecule has 2 rings (SSSR count). The molecule has 1 aromatic rings. The number of halogens is 4. The molecule has 1 atom stereocenters. The Balaban J connectivity index is 2.43. The number of carbonyl (C=O) groups is 1. The van der Waals surface area contributed by atoms with Crippen LogP contribution in [0.4, 0.5) is 23.2 Å². The van der Waals surface area contributed by atoms with E-state index in [0.29, 0.717) is 6.07 Å². The molecule has 0 spiro atoms. The molecule has 1 aliphatic heterocycles. The lowest BCUT2D eigenvalue weighted by atomic mass is 10.1. The standard InChI is InChI=1S/C11H10F4N2O/c12-6-2-7(10(14)11(15)9(6)13)17-4-5(3-16)1-8(17)18/h2,5H,1,3-4,16H2. The van der Waals surface area contributed by atoms with E-state index in [1.165, 1.54) is 0 Å². The summed E-state index contributed by atoms with van der Waals surface area (Å²) in [5.41, 5.74) is 4.79. The molecule has 1 fully saturated rings. The minimum absolute atomic E-state index is 0.0662. The van der Waals surface area contributed by atoms with Crippen molar-refractivity contribution in [3.05, 3.63) is 29.3 Å². The quantitative estimate of drug-likeness (QED) is 0.499. The van der Waals surface area contributed by atoms with Crippen molar-refractivity contribution in [2.75, 3.05) is 18.0 Å². The van der Waals surface area contributed by atoms with E-state index in [9.17, 15) is 22.4 Å². The summed E-state index contributed by atoms with van der Waals surface area (Å²) in [7, 11) is 0. The summed E-state index contributed by atoms with van der Waals surface area (Å²) in [6, 6.07) is 0.477. The van der Waals surface area contributed by atoms with Crippen molar-refractivity contribution in [3.63, 3.8) is 0 Å². The second-order valence-corrected chi connectivity index (χ2v) is 4.13. The molecule has 1 heterocycles. The van der Waals surface area contributed by atoms with Crippen LogP contribution in [-0.2, 0) is 4.79 Å². The number of rotatable bonds is 2. The highest BCUT2D eigenvalue weighted by Crippen LogP contribution is 2.30. The zero-order valence-corrected chi connectivity index (χ0v) is 9.22. The van der Waals surface area contributed by atoms with Gasteiger partial charge in [-0.25, -0.2) is 17.6 Å². The monoisotopic (exact) mass is 262 g/mol. The number of hydrogen-bond donors (Lipinski definition) is 1. The zero-order chi connectivity index (χ0) is 13.4. The predicted molar refractivity (Wildman–Crippen MR) is 55.8 cm³/mol. The van der Waals surface area contributed by atoms with E-state index in [-0.39, 0.29) is 25.4 Å². The highest BCUT2D eigenvalue weighted by molar-refractivity contribution is 5.95. The van der Waals surface area contributed by atoms with Crippen LogP contribution >= 0.6 is 0 Å². The van der Waals surface area contributed by atoms with Gasteiger partial charge in [0.05, 0.1) is 5.69 Å². The van der Waals surface area contributed by atoms with Gasteiger partial charge < -0.3 is 10.6 Å². The summed E-state index contributed by atoms with van der Waals surface area (Å²) in [4.78, 5) is 12.5. The van der Waals surface area contributed by atoms with Crippen molar-refractivity contribution in [1.29, 1.82) is 0 Å². The third-order valence-corrected chi connectivity index (χ3v) is 2.91. The van der Waals surface area contributed by atoms with E-state index >= 15 is 0 Å². The first-order valence-electron chi connectivity index (χ1n) is 5.29. The molecule has 1 amide bonds. The average molecular weight is 262 g/mol. The Morgan fingerprint density at radius 3 is 2.44 bits per heavy atom. The van der Waals surface area contributed by atoms with Crippen molar-refractivity contribution >= 4 is 11.6 Å². The van der Waals surface area contributed by atoms with Gasteiger partial charge in [-0.05, 0) is 12.5 Å². The van der Waals surface area contributed by atoms with E-state index in [1.807, 2.05) is 0 Å². The molecule has 1 saturated heterocycles. The van der Waals surface area contributed by atoms with Crippen molar-refractivity contribution in [2.45, 2.75) is 6.42 Å². The fourth-order valence-corrected chi connectivity index (χ4v) is 1.93. The van der Waals surface area contributed by atoms with Crippen LogP contribution in [-0.4, -0.2) is 19.0 Å². The molecular weight excluding hydrogens is 252 g/mol. The Hall–Kier alpha value is -1.63. The molecule has 1 aliphatic rings. The fraction of sp³-hybridized carbons (Fsp3) is 0.364. The van der Waals surface area contributed by atoms with Gasteiger partial charge in [-0.3, -0.25) is 4.79 Å². The molecule has 2 N–H and O–H groups in total. The second-order valence-electron chi connectivity index (χ2n) is 4.13. The molecule has 0 saturated carbocycles. The van der Waals surface area contributed by atoms with Gasteiger partial charge in [-0.2, -0.15) is 0 Å². The molecule has 0 radical (unpaired) electrons. The third-order valence-electron chi connectivity index (χ3n) is 2.91. The van der Waals surface area contributed by atoms with Gasteiger partial charge in [0.25, 0.3) is 0 Å². The maximum Gasteiger partial charge on any atom is 0.227 e. The van der Waals surface area contributed by atoms with Crippen molar-refractivity contribution in [2.24, 2.45) is 11.7 Å².